The lowest BCUT2D eigenvalue weighted by molar-refractivity contribution is -0.254. The van der Waals surface area contributed by atoms with E-state index in [0.717, 1.165) is 16.9 Å². The number of thiazole rings is 1. The maximum atomic E-state index is 10.8. The first-order valence-corrected chi connectivity index (χ1v) is 5.03. The topological polar surface area (TPSA) is 79.0 Å². The minimum atomic E-state index is -1.25. The number of aromatic carboxylic acids is 1. The van der Waals surface area contributed by atoms with Gasteiger partial charge in [-0.25, -0.2) is 4.98 Å². The molecule has 1 aromatic heterocycles. The summed E-state index contributed by atoms with van der Waals surface area (Å²) in [7, 11) is 0. The molecule has 0 spiro atoms. The van der Waals surface area contributed by atoms with Crippen LogP contribution >= 0.6 is 11.3 Å². The molecule has 0 atom stereocenters. The third-order valence-electron chi connectivity index (χ3n) is 1.88. The number of carboxylic acids is 1. The summed E-state index contributed by atoms with van der Waals surface area (Å²) in [5, 5.41) is 11.0. The molecule has 0 saturated heterocycles. The lowest BCUT2D eigenvalue weighted by Crippen LogP contribution is -2.21. The normalized spacial score (nSPS) is 10.1. The summed E-state index contributed by atoms with van der Waals surface area (Å²) in [4.78, 5) is 14.9. The average Bonchev–Trinajstić information content (AvgIpc) is 2.62. The van der Waals surface area contributed by atoms with Crippen LogP contribution in [0.5, 0.6) is 0 Å². The third kappa shape index (κ3) is 1.82. The van der Waals surface area contributed by atoms with E-state index in [1.165, 1.54) is 0 Å². The molecular weight excluding hydrogens is 212 g/mol. The van der Waals surface area contributed by atoms with Gasteiger partial charge >= 0.3 is 0 Å². The Kier molecular flexibility index (Phi) is 2.39. The van der Waals surface area contributed by atoms with Crippen molar-refractivity contribution in [3.05, 3.63) is 35.2 Å². The maximum Gasteiger partial charge on any atom is 0.181 e. The Morgan fingerprint density at radius 2 is 2.00 bits per heavy atom. The van der Waals surface area contributed by atoms with E-state index in [9.17, 15) is 9.90 Å². The van der Waals surface area contributed by atoms with Gasteiger partial charge in [-0.15, -0.1) is 0 Å². The maximum absolute atomic E-state index is 10.8. The van der Waals surface area contributed by atoms with Gasteiger partial charge < -0.3 is 15.6 Å². The van der Waals surface area contributed by atoms with Gasteiger partial charge in [0.2, 0.25) is 0 Å². The molecule has 2 aromatic rings. The summed E-state index contributed by atoms with van der Waals surface area (Å²) < 4.78 is 0. The highest BCUT2D eigenvalue weighted by atomic mass is 32.1. The fourth-order valence-electron chi connectivity index (χ4n) is 1.27. The van der Waals surface area contributed by atoms with Crippen LogP contribution in [0.1, 0.15) is 9.67 Å². The van der Waals surface area contributed by atoms with Crippen LogP contribution in [-0.4, -0.2) is 11.0 Å². The molecule has 0 bridgehead atoms. The van der Waals surface area contributed by atoms with Crippen molar-refractivity contribution in [2.24, 2.45) is 0 Å². The lowest BCUT2D eigenvalue weighted by atomic mass is 10.1. The fraction of sp³-hybridized carbons (Fsp3) is 0. The van der Waals surface area contributed by atoms with E-state index in [2.05, 4.69) is 4.98 Å². The SMILES string of the molecule is Nc1nc(-c2ccccc2)c(C(=O)[O-])s1. The third-order valence-corrected chi connectivity index (χ3v) is 2.74. The number of rotatable bonds is 2. The highest BCUT2D eigenvalue weighted by Gasteiger charge is 2.11. The van der Waals surface area contributed by atoms with Gasteiger partial charge in [0.05, 0.1) is 16.5 Å². The first kappa shape index (κ1) is 9.67. The van der Waals surface area contributed by atoms with E-state index >= 15 is 0 Å². The first-order valence-electron chi connectivity index (χ1n) is 4.21. The Bertz CT molecular complexity index is 493. The predicted molar refractivity (Wildman–Crippen MR) is 56.3 cm³/mol. The van der Waals surface area contributed by atoms with E-state index < -0.39 is 5.97 Å². The molecule has 0 amide bonds. The molecule has 76 valence electrons. The van der Waals surface area contributed by atoms with Crippen molar-refractivity contribution in [3.8, 4) is 11.3 Å². The number of carbonyl (C=O) groups is 1. The Balaban J connectivity index is 2.58. The molecule has 5 heteroatoms. The first-order chi connectivity index (χ1) is 7.18. The summed E-state index contributed by atoms with van der Waals surface area (Å²) in [5.74, 6) is -1.25. The Labute approximate surface area is 90.0 Å². The highest BCUT2D eigenvalue weighted by Crippen LogP contribution is 2.28. The zero-order valence-electron chi connectivity index (χ0n) is 7.64. The Hall–Kier alpha value is -1.88. The minimum absolute atomic E-state index is 0.0682. The van der Waals surface area contributed by atoms with Crippen LogP contribution in [0.15, 0.2) is 30.3 Å². The molecular formula is C10H7N2O2S-. The number of nitrogens with zero attached hydrogens (tertiary/aromatic N) is 1. The van der Waals surface area contributed by atoms with Crippen LogP contribution in [0, 0.1) is 0 Å². The monoisotopic (exact) mass is 219 g/mol. The van der Waals surface area contributed by atoms with E-state index in [1.54, 1.807) is 12.1 Å². The summed E-state index contributed by atoms with van der Waals surface area (Å²) >= 11 is 0.922. The van der Waals surface area contributed by atoms with Crippen molar-refractivity contribution in [2.45, 2.75) is 0 Å². The molecule has 1 heterocycles. The van der Waals surface area contributed by atoms with Crippen LogP contribution in [0.25, 0.3) is 11.3 Å². The Morgan fingerprint density at radius 1 is 1.33 bits per heavy atom. The largest absolute Gasteiger partial charge is 0.544 e. The molecule has 0 unspecified atom stereocenters. The number of hydrogen-bond acceptors (Lipinski definition) is 5. The number of benzene rings is 1. The highest BCUT2D eigenvalue weighted by molar-refractivity contribution is 7.17. The molecule has 0 radical (unpaired) electrons. The zero-order valence-corrected chi connectivity index (χ0v) is 8.45. The molecule has 2 N–H and O–H groups in total. The van der Waals surface area contributed by atoms with E-state index in [1.807, 2.05) is 18.2 Å². The van der Waals surface area contributed by atoms with Crippen LogP contribution < -0.4 is 10.8 Å². The summed E-state index contributed by atoms with van der Waals surface area (Å²) in [6, 6.07) is 9.02. The molecule has 2 rings (SSSR count). The van der Waals surface area contributed by atoms with Gasteiger partial charge in [-0.1, -0.05) is 41.7 Å². The van der Waals surface area contributed by atoms with Gasteiger partial charge in [-0.05, 0) is 0 Å². The molecule has 0 aliphatic carbocycles. The molecule has 15 heavy (non-hydrogen) atoms. The van der Waals surface area contributed by atoms with Crippen LogP contribution in [0.4, 0.5) is 5.13 Å². The fourth-order valence-corrected chi connectivity index (χ4v) is 1.96. The van der Waals surface area contributed by atoms with Gasteiger partial charge in [0, 0.05) is 5.56 Å². The molecule has 0 fully saturated rings. The van der Waals surface area contributed by atoms with Crippen LogP contribution in [0.3, 0.4) is 0 Å². The van der Waals surface area contributed by atoms with Gasteiger partial charge in [0.25, 0.3) is 0 Å². The van der Waals surface area contributed by atoms with E-state index in [-0.39, 0.29) is 10.0 Å². The number of anilines is 1. The molecule has 0 aliphatic heterocycles. The van der Waals surface area contributed by atoms with Gasteiger partial charge in [-0.3, -0.25) is 0 Å². The summed E-state index contributed by atoms with van der Waals surface area (Å²) in [5.41, 5.74) is 6.57. The summed E-state index contributed by atoms with van der Waals surface area (Å²) in [6.07, 6.45) is 0. The number of nitrogen functional groups attached to an aromatic ring is 1. The summed E-state index contributed by atoms with van der Waals surface area (Å²) in [6.45, 7) is 0. The van der Waals surface area contributed by atoms with Crippen LogP contribution in [0.2, 0.25) is 0 Å². The van der Waals surface area contributed by atoms with Crippen molar-refractivity contribution in [3.63, 3.8) is 0 Å². The lowest BCUT2D eigenvalue weighted by Gasteiger charge is -2.01. The second-order valence-corrected chi connectivity index (χ2v) is 3.91. The Morgan fingerprint density at radius 3 is 2.60 bits per heavy atom. The number of carbonyl (C=O) groups excluding carboxylic acids is 1. The van der Waals surface area contributed by atoms with Crippen molar-refractivity contribution < 1.29 is 9.90 Å². The van der Waals surface area contributed by atoms with Crippen LogP contribution in [-0.2, 0) is 0 Å². The standard InChI is InChI=1S/C10H8N2O2S/c11-10-12-7(8(15-10)9(13)14)6-4-2-1-3-5-6/h1-5H,(H2,11,12)(H,13,14)/p-1. The number of hydrogen-bond donors (Lipinski definition) is 1. The van der Waals surface area contributed by atoms with Crippen molar-refractivity contribution in [2.75, 3.05) is 5.73 Å². The number of nitrogens with two attached hydrogens (primary N) is 1. The van der Waals surface area contributed by atoms with E-state index in [4.69, 9.17) is 5.73 Å². The van der Waals surface area contributed by atoms with Crippen molar-refractivity contribution in [1.82, 2.24) is 4.98 Å². The molecule has 1 aromatic carbocycles. The van der Waals surface area contributed by atoms with Crippen molar-refractivity contribution >= 4 is 22.4 Å². The molecule has 0 aliphatic rings. The molecule has 0 saturated carbocycles. The van der Waals surface area contributed by atoms with Gasteiger partial charge in [0.15, 0.2) is 5.13 Å². The number of carboxylic acid groups (broad SMARTS) is 1. The second-order valence-electron chi connectivity index (χ2n) is 2.88. The van der Waals surface area contributed by atoms with Gasteiger partial charge in [0.1, 0.15) is 0 Å². The smallest absolute Gasteiger partial charge is 0.181 e. The second kappa shape index (κ2) is 3.70. The quantitative estimate of drug-likeness (QED) is 0.808. The predicted octanol–water partition coefficient (Wildman–Crippen LogP) is 0.756. The average molecular weight is 219 g/mol. The minimum Gasteiger partial charge on any atom is -0.544 e. The molecule has 4 nitrogen and oxygen atoms in total. The zero-order chi connectivity index (χ0) is 10.8. The van der Waals surface area contributed by atoms with E-state index in [0.29, 0.717) is 5.69 Å². The van der Waals surface area contributed by atoms with Crippen molar-refractivity contribution in [1.29, 1.82) is 0 Å². The number of aromatic nitrogens is 1. The van der Waals surface area contributed by atoms with Gasteiger partial charge in [-0.2, -0.15) is 0 Å².